The highest BCUT2D eigenvalue weighted by atomic mass is 16.6. The van der Waals surface area contributed by atoms with E-state index in [1.807, 2.05) is 18.2 Å². The molecule has 0 saturated carbocycles. The number of hydrogen-bond donors (Lipinski definition) is 1. The van der Waals surface area contributed by atoms with Crippen LogP contribution in [-0.4, -0.2) is 74.6 Å². The zero-order chi connectivity index (χ0) is 28.6. The first-order valence-corrected chi connectivity index (χ1v) is 12.8. The number of carbonyl (C=O) groups excluding carboxylic acids is 2. The molecule has 40 heavy (non-hydrogen) atoms. The summed E-state index contributed by atoms with van der Waals surface area (Å²) in [6.07, 6.45) is 0.243. The van der Waals surface area contributed by atoms with Gasteiger partial charge >= 0.3 is 11.9 Å². The molecule has 2 aromatic carbocycles. The third kappa shape index (κ3) is 7.10. The summed E-state index contributed by atoms with van der Waals surface area (Å²) in [7, 11) is 3.12. The van der Waals surface area contributed by atoms with E-state index >= 15 is 0 Å². The fourth-order valence-electron chi connectivity index (χ4n) is 4.41. The average molecular weight is 556 g/mol. The number of methoxy groups -OCH3 is 2. The first-order chi connectivity index (χ1) is 19.3. The van der Waals surface area contributed by atoms with Crippen molar-refractivity contribution in [1.82, 2.24) is 0 Å². The number of ether oxygens (including phenoxy) is 6. The topological polar surface area (TPSA) is 131 Å². The van der Waals surface area contributed by atoms with Crippen LogP contribution in [0.1, 0.15) is 37.5 Å². The van der Waals surface area contributed by atoms with Crippen LogP contribution in [0, 0.1) is 0 Å². The van der Waals surface area contributed by atoms with Gasteiger partial charge in [-0.1, -0.05) is 23.4 Å². The van der Waals surface area contributed by atoms with Crippen LogP contribution in [0.25, 0.3) is 0 Å². The Morgan fingerprint density at radius 3 is 2.50 bits per heavy atom. The molecule has 0 fully saturated rings. The van der Waals surface area contributed by atoms with E-state index in [0.29, 0.717) is 34.8 Å². The quantitative estimate of drug-likeness (QED) is 0.202. The van der Waals surface area contributed by atoms with Crippen molar-refractivity contribution in [2.45, 2.75) is 50.8 Å². The van der Waals surface area contributed by atoms with Gasteiger partial charge in [0.25, 0.3) is 0 Å². The third-order valence-electron chi connectivity index (χ3n) is 6.35. The zero-order valence-electron chi connectivity index (χ0n) is 22.8. The van der Waals surface area contributed by atoms with Gasteiger partial charge in [-0.15, -0.1) is 0 Å². The van der Waals surface area contributed by atoms with Crippen LogP contribution in [0.15, 0.2) is 59.8 Å². The van der Waals surface area contributed by atoms with Gasteiger partial charge in [0.05, 0.1) is 20.3 Å². The second-order valence-corrected chi connectivity index (χ2v) is 9.19. The maximum atomic E-state index is 11.4. The molecule has 0 bridgehead atoms. The summed E-state index contributed by atoms with van der Waals surface area (Å²) in [6, 6.07) is 12.5. The average Bonchev–Trinajstić information content (AvgIpc) is 2.95. The standard InChI is InChI=1S/C29H33NO10/c1-17(31)36-16-26-25(38-18(2)32)11-8-20(39-26)12-13-37-30-27-23-15-22(35-4)9-10-24(23)40-29(28(27)33)19-6-5-7-21(14-19)34-3/h5-11,14-15,20,25-26,28-29,33H,12-13,16H2,1-4H3/b30-27+/t20-,25-,26+,28-,29+/m0/s1. The summed E-state index contributed by atoms with van der Waals surface area (Å²) >= 11 is 0. The number of benzene rings is 2. The lowest BCUT2D eigenvalue weighted by Crippen LogP contribution is -2.41. The summed E-state index contributed by atoms with van der Waals surface area (Å²) in [5, 5.41) is 15.6. The molecule has 4 rings (SSSR count). The van der Waals surface area contributed by atoms with Gasteiger partial charge < -0.3 is 38.4 Å². The molecule has 0 radical (unpaired) electrons. The fraction of sp³-hybridized carbons (Fsp3) is 0.414. The van der Waals surface area contributed by atoms with Crippen LogP contribution in [0.5, 0.6) is 17.2 Å². The van der Waals surface area contributed by atoms with Gasteiger partial charge in [-0.2, -0.15) is 0 Å². The second-order valence-electron chi connectivity index (χ2n) is 9.19. The number of rotatable bonds is 10. The number of aliphatic hydroxyl groups is 1. The summed E-state index contributed by atoms with van der Waals surface area (Å²) in [6.45, 7) is 2.68. The van der Waals surface area contributed by atoms with Crippen LogP contribution in [0.4, 0.5) is 0 Å². The number of nitrogens with zero attached hydrogens (tertiary/aromatic N) is 1. The summed E-state index contributed by atoms with van der Waals surface area (Å²) in [4.78, 5) is 28.4. The molecule has 2 aliphatic rings. The van der Waals surface area contributed by atoms with Crippen molar-refractivity contribution in [3.05, 3.63) is 65.7 Å². The molecule has 0 aromatic heterocycles. The Morgan fingerprint density at radius 1 is 1.00 bits per heavy atom. The van der Waals surface area contributed by atoms with Gasteiger partial charge in [0.2, 0.25) is 0 Å². The largest absolute Gasteiger partial charge is 0.497 e. The van der Waals surface area contributed by atoms with Crippen LogP contribution in [0.3, 0.4) is 0 Å². The van der Waals surface area contributed by atoms with Gasteiger partial charge in [0, 0.05) is 25.8 Å². The summed E-state index contributed by atoms with van der Waals surface area (Å²) in [5.74, 6) is 0.790. The Kier molecular flexibility index (Phi) is 9.62. The van der Waals surface area contributed by atoms with E-state index in [1.54, 1.807) is 50.6 Å². The molecule has 2 aromatic rings. The van der Waals surface area contributed by atoms with Gasteiger partial charge in [0.15, 0.2) is 6.10 Å². The Labute approximate surface area is 232 Å². The SMILES string of the molecule is COc1cccc([C@H]2Oc3ccc(OC)cc3/C(=N\OCC[C@@H]3C=C[C@H](OC(C)=O)[C@@H](COC(C)=O)O3)[C@@H]2O)c1. The number of aliphatic hydroxyl groups excluding tert-OH is 1. The number of esters is 2. The zero-order valence-corrected chi connectivity index (χ0v) is 22.8. The fourth-order valence-corrected chi connectivity index (χ4v) is 4.41. The van der Waals surface area contributed by atoms with Crippen molar-refractivity contribution >= 4 is 17.7 Å². The minimum Gasteiger partial charge on any atom is -0.497 e. The lowest BCUT2D eigenvalue weighted by Gasteiger charge is -2.32. The van der Waals surface area contributed by atoms with Crippen LogP contribution >= 0.6 is 0 Å². The number of hydrogen-bond acceptors (Lipinski definition) is 11. The highest BCUT2D eigenvalue weighted by Gasteiger charge is 2.37. The smallest absolute Gasteiger partial charge is 0.303 e. The van der Waals surface area contributed by atoms with E-state index in [4.69, 9.17) is 33.3 Å². The normalized spacial score (nSPS) is 24.4. The van der Waals surface area contributed by atoms with Crippen LogP contribution < -0.4 is 14.2 Å². The molecule has 11 heteroatoms. The predicted octanol–water partition coefficient (Wildman–Crippen LogP) is 3.13. The molecule has 11 nitrogen and oxygen atoms in total. The Balaban J connectivity index is 1.48. The van der Waals surface area contributed by atoms with E-state index in [9.17, 15) is 14.7 Å². The molecular weight excluding hydrogens is 522 g/mol. The van der Waals surface area contributed by atoms with Crippen molar-refractivity contribution < 1.29 is 48.0 Å². The molecule has 214 valence electrons. The van der Waals surface area contributed by atoms with Crippen molar-refractivity contribution in [1.29, 1.82) is 0 Å². The van der Waals surface area contributed by atoms with E-state index in [2.05, 4.69) is 5.16 Å². The van der Waals surface area contributed by atoms with Crippen molar-refractivity contribution in [3.8, 4) is 17.2 Å². The van der Waals surface area contributed by atoms with Crippen molar-refractivity contribution in [2.24, 2.45) is 5.16 Å². The van der Waals surface area contributed by atoms with Gasteiger partial charge in [-0.05, 0) is 42.0 Å². The molecule has 0 spiro atoms. The highest BCUT2D eigenvalue weighted by Crippen LogP contribution is 2.38. The molecule has 0 amide bonds. The summed E-state index contributed by atoms with van der Waals surface area (Å²) in [5.41, 5.74) is 1.55. The number of carbonyl (C=O) groups is 2. The molecular formula is C29H33NO10. The highest BCUT2D eigenvalue weighted by molar-refractivity contribution is 6.07. The number of oxime groups is 1. The first-order valence-electron chi connectivity index (χ1n) is 12.8. The molecule has 1 N–H and O–H groups in total. The maximum Gasteiger partial charge on any atom is 0.303 e. The van der Waals surface area contributed by atoms with Gasteiger partial charge in [-0.3, -0.25) is 9.59 Å². The molecule has 2 aliphatic heterocycles. The lowest BCUT2D eigenvalue weighted by molar-refractivity contribution is -0.164. The minimum atomic E-state index is -1.14. The van der Waals surface area contributed by atoms with E-state index < -0.39 is 42.5 Å². The monoisotopic (exact) mass is 555 g/mol. The molecule has 0 unspecified atom stereocenters. The predicted molar refractivity (Wildman–Crippen MR) is 142 cm³/mol. The second kappa shape index (κ2) is 13.3. The molecule has 0 saturated heterocycles. The number of fused-ring (bicyclic) bond motifs is 1. The van der Waals surface area contributed by atoms with Gasteiger partial charge in [-0.25, -0.2) is 0 Å². The molecule has 5 atom stereocenters. The molecule has 2 heterocycles. The first kappa shape index (κ1) is 28.9. The minimum absolute atomic E-state index is 0.0618. The van der Waals surface area contributed by atoms with Gasteiger partial charge in [0.1, 0.15) is 54.5 Å². The lowest BCUT2D eigenvalue weighted by atomic mass is 9.92. The van der Waals surface area contributed by atoms with Crippen LogP contribution in [-0.2, 0) is 28.6 Å². The van der Waals surface area contributed by atoms with Crippen molar-refractivity contribution in [2.75, 3.05) is 27.4 Å². The maximum absolute atomic E-state index is 11.4. The van der Waals surface area contributed by atoms with E-state index in [-0.39, 0.29) is 18.9 Å². The Morgan fingerprint density at radius 2 is 1.77 bits per heavy atom. The Hall–Kier alpha value is -4.09. The molecule has 0 aliphatic carbocycles. The van der Waals surface area contributed by atoms with E-state index in [0.717, 1.165) is 0 Å². The third-order valence-corrected chi connectivity index (χ3v) is 6.35. The summed E-state index contributed by atoms with van der Waals surface area (Å²) < 4.78 is 33.1. The van der Waals surface area contributed by atoms with Crippen LogP contribution in [0.2, 0.25) is 0 Å². The van der Waals surface area contributed by atoms with Crippen molar-refractivity contribution in [3.63, 3.8) is 0 Å². The van der Waals surface area contributed by atoms with E-state index in [1.165, 1.54) is 13.8 Å². The Bertz CT molecular complexity index is 1260.